The van der Waals surface area contributed by atoms with Gasteiger partial charge in [0, 0.05) is 6.42 Å². The first-order valence-electron chi connectivity index (χ1n) is 8.60. The van der Waals surface area contributed by atoms with Crippen LogP contribution in [0.1, 0.15) is 11.4 Å². The second-order valence-electron chi connectivity index (χ2n) is 6.08. The van der Waals surface area contributed by atoms with Gasteiger partial charge in [0.1, 0.15) is 5.82 Å². The van der Waals surface area contributed by atoms with E-state index in [4.69, 9.17) is 4.74 Å². The number of nitrogens with zero attached hydrogens (tertiary/aromatic N) is 1. The molecule has 2 N–H and O–H groups in total. The van der Waals surface area contributed by atoms with Crippen LogP contribution < -0.4 is 5.32 Å². The lowest BCUT2D eigenvalue weighted by Gasteiger charge is -2.08. The number of alkyl carbamates (subject to hydrolysis) is 1. The molecule has 0 aliphatic rings. The first-order valence-corrected chi connectivity index (χ1v) is 8.60. The minimum atomic E-state index is -0.439. The van der Waals surface area contributed by atoms with Crippen LogP contribution in [-0.2, 0) is 17.7 Å². The van der Waals surface area contributed by atoms with Crippen molar-refractivity contribution in [3.8, 4) is 0 Å². The predicted octanol–water partition coefficient (Wildman–Crippen LogP) is 4.19. The van der Waals surface area contributed by atoms with Crippen LogP contribution in [0.3, 0.4) is 0 Å². The van der Waals surface area contributed by atoms with Gasteiger partial charge >= 0.3 is 6.09 Å². The summed E-state index contributed by atoms with van der Waals surface area (Å²) in [4.78, 5) is 19.5. The minimum absolute atomic E-state index is 0.307. The van der Waals surface area contributed by atoms with Crippen LogP contribution >= 0.6 is 0 Å². The topological polar surface area (TPSA) is 67.0 Å². The third-order valence-corrected chi connectivity index (χ3v) is 4.32. The highest BCUT2D eigenvalue weighted by Gasteiger charge is 2.07. The molecule has 0 atom stereocenters. The summed E-state index contributed by atoms with van der Waals surface area (Å²) in [5.41, 5.74) is 3.01. The first kappa shape index (κ1) is 16.1. The maximum Gasteiger partial charge on any atom is 0.407 e. The molecule has 5 heteroatoms. The Bertz CT molecular complexity index is 1020. The summed E-state index contributed by atoms with van der Waals surface area (Å²) >= 11 is 0. The molecular weight excluding hydrogens is 326 g/mol. The molecule has 4 rings (SSSR count). The minimum Gasteiger partial charge on any atom is -0.449 e. The number of hydrogen-bond acceptors (Lipinski definition) is 3. The maximum absolute atomic E-state index is 11.9. The van der Waals surface area contributed by atoms with E-state index in [9.17, 15) is 4.79 Å². The summed E-state index contributed by atoms with van der Waals surface area (Å²) in [7, 11) is 0. The second kappa shape index (κ2) is 7.27. The van der Waals surface area contributed by atoms with Crippen molar-refractivity contribution in [2.45, 2.75) is 13.0 Å². The fourth-order valence-corrected chi connectivity index (χ4v) is 3.06. The molecule has 0 radical (unpaired) electrons. The Morgan fingerprint density at radius 1 is 1.00 bits per heavy atom. The highest BCUT2D eigenvalue weighted by atomic mass is 16.5. The number of imidazole rings is 1. The Balaban J connectivity index is 1.30. The normalized spacial score (nSPS) is 10.9. The predicted molar refractivity (Wildman–Crippen MR) is 102 cm³/mol. The van der Waals surface area contributed by atoms with Crippen LogP contribution in [-0.4, -0.2) is 22.7 Å². The summed E-state index contributed by atoms with van der Waals surface area (Å²) in [5, 5.41) is 5.12. The summed E-state index contributed by atoms with van der Waals surface area (Å²) in [6.45, 7) is 0.641. The van der Waals surface area contributed by atoms with Gasteiger partial charge in [0.05, 0.1) is 24.2 Å². The van der Waals surface area contributed by atoms with Crippen molar-refractivity contribution >= 4 is 27.9 Å². The van der Waals surface area contributed by atoms with Crippen molar-refractivity contribution in [1.29, 1.82) is 0 Å². The zero-order chi connectivity index (χ0) is 17.8. The molecule has 5 nitrogen and oxygen atoms in total. The summed E-state index contributed by atoms with van der Waals surface area (Å²) in [6, 6.07) is 22.2. The van der Waals surface area contributed by atoms with E-state index in [1.807, 2.05) is 42.5 Å². The van der Waals surface area contributed by atoms with Crippen LogP contribution in [0.2, 0.25) is 0 Å². The number of amides is 1. The number of hydrogen-bond donors (Lipinski definition) is 2. The number of benzene rings is 3. The third-order valence-electron chi connectivity index (χ3n) is 4.32. The Hall–Kier alpha value is -3.34. The molecule has 130 valence electrons. The molecule has 0 fully saturated rings. The Kier molecular flexibility index (Phi) is 4.51. The number of carbonyl (C=O) groups excluding carboxylic acids is 1. The molecule has 0 aliphatic carbocycles. The number of ether oxygens (including phenoxy) is 1. The Morgan fingerprint density at radius 2 is 1.81 bits per heavy atom. The van der Waals surface area contributed by atoms with Gasteiger partial charge in [-0.1, -0.05) is 54.6 Å². The van der Waals surface area contributed by atoms with Crippen molar-refractivity contribution < 1.29 is 9.53 Å². The first-order chi connectivity index (χ1) is 12.8. The van der Waals surface area contributed by atoms with Gasteiger partial charge < -0.3 is 15.0 Å². The fourth-order valence-electron chi connectivity index (χ4n) is 3.06. The lowest BCUT2D eigenvalue weighted by atomic mass is 10.0. The smallest absolute Gasteiger partial charge is 0.407 e. The van der Waals surface area contributed by atoms with Crippen molar-refractivity contribution in [2.75, 3.05) is 6.61 Å². The van der Waals surface area contributed by atoms with Gasteiger partial charge in [-0.2, -0.15) is 0 Å². The summed E-state index contributed by atoms with van der Waals surface area (Å²) in [5.74, 6) is 0.706. The van der Waals surface area contributed by atoms with Crippen molar-refractivity contribution in [2.24, 2.45) is 0 Å². The molecule has 4 aromatic rings. The summed E-state index contributed by atoms with van der Waals surface area (Å²) in [6.07, 6.45) is 0.241. The number of H-pyrrole nitrogens is 1. The van der Waals surface area contributed by atoms with Gasteiger partial charge in [-0.3, -0.25) is 0 Å². The van der Waals surface area contributed by atoms with Crippen molar-refractivity contribution in [1.82, 2.24) is 15.3 Å². The number of fused-ring (bicyclic) bond motifs is 2. The molecule has 1 amide bonds. The SMILES string of the molecule is O=C(NCc1nc2ccccc2[nH]1)OCCc1cccc2ccccc12. The van der Waals surface area contributed by atoms with Crippen LogP contribution in [0.15, 0.2) is 66.7 Å². The van der Waals surface area contributed by atoms with Gasteiger partial charge in [0.25, 0.3) is 0 Å². The van der Waals surface area contributed by atoms with Crippen LogP contribution in [0.25, 0.3) is 21.8 Å². The summed E-state index contributed by atoms with van der Waals surface area (Å²) < 4.78 is 5.30. The number of nitrogens with one attached hydrogen (secondary N) is 2. The van der Waals surface area contributed by atoms with E-state index in [-0.39, 0.29) is 0 Å². The van der Waals surface area contributed by atoms with E-state index in [2.05, 4.69) is 39.6 Å². The van der Waals surface area contributed by atoms with E-state index in [1.54, 1.807) is 0 Å². The molecule has 0 saturated heterocycles. The number of rotatable bonds is 5. The van der Waals surface area contributed by atoms with Crippen LogP contribution in [0.5, 0.6) is 0 Å². The largest absolute Gasteiger partial charge is 0.449 e. The van der Waals surface area contributed by atoms with Gasteiger partial charge in [-0.05, 0) is 28.5 Å². The van der Waals surface area contributed by atoms with E-state index < -0.39 is 6.09 Å². The van der Waals surface area contributed by atoms with Crippen molar-refractivity contribution in [3.63, 3.8) is 0 Å². The fraction of sp³-hybridized carbons (Fsp3) is 0.143. The van der Waals surface area contributed by atoms with E-state index in [0.717, 1.165) is 11.0 Å². The molecule has 3 aromatic carbocycles. The number of aromatic nitrogens is 2. The molecule has 1 aromatic heterocycles. The van der Waals surface area contributed by atoms with Crippen LogP contribution in [0.4, 0.5) is 4.79 Å². The third kappa shape index (κ3) is 3.52. The zero-order valence-electron chi connectivity index (χ0n) is 14.2. The highest BCUT2D eigenvalue weighted by Crippen LogP contribution is 2.18. The number of para-hydroxylation sites is 2. The Labute approximate surface area is 151 Å². The zero-order valence-corrected chi connectivity index (χ0v) is 14.2. The average Bonchev–Trinajstić information content (AvgIpc) is 3.10. The molecule has 26 heavy (non-hydrogen) atoms. The van der Waals surface area contributed by atoms with E-state index >= 15 is 0 Å². The standard InChI is InChI=1S/C21H19N3O2/c25-21(22-14-20-23-18-10-3-4-11-19(18)24-20)26-13-12-16-8-5-7-15-6-1-2-9-17(15)16/h1-11H,12-14H2,(H,22,25)(H,23,24). The molecule has 0 unspecified atom stereocenters. The molecule has 0 spiro atoms. The number of carbonyl (C=O) groups is 1. The molecular formula is C21H19N3O2. The molecule has 1 heterocycles. The van der Waals surface area contributed by atoms with Crippen molar-refractivity contribution in [3.05, 3.63) is 78.1 Å². The van der Waals surface area contributed by atoms with Gasteiger partial charge in [-0.25, -0.2) is 9.78 Å². The number of aromatic amines is 1. The Morgan fingerprint density at radius 3 is 2.73 bits per heavy atom. The maximum atomic E-state index is 11.9. The van der Waals surface area contributed by atoms with E-state index in [1.165, 1.54) is 16.3 Å². The average molecular weight is 345 g/mol. The molecule has 0 saturated carbocycles. The molecule has 0 aliphatic heterocycles. The molecule has 0 bridgehead atoms. The lowest BCUT2D eigenvalue weighted by molar-refractivity contribution is 0.147. The highest BCUT2D eigenvalue weighted by molar-refractivity contribution is 5.85. The second-order valence-corrected chi connectivity index (χ2v) is 6.08. The van der Waals surface area contributed by atoms with Crippen LogP contribution in [0, 0.1) is 0 Å². The monoisotopic (exact) mass is 345 g/mol. The lowest BCUT2D eigenvalue weighted by Crippen LogP contribution is -2.25. The van der Waals surface area contributed by atoms with Gasteiger partial charge in [-0.15, -0.1) is 0 Å². The van der Waals surface area contributed by atoms with Gasteiger partial charge in [0.15, 0.2) is 0 Å². The quantitative estimate of drug-likeness (QED) is 0.570. The van der Waals surface area contributed by atoms with E-state index in [0.29, 0.717) is 25.4 Å². The van der Waals surface area contributed by atoms with Gasteiger partial charge in [0.2, 0.25) is 0 Å².